The Morgan fingerprint density at radius 1 is 1.17 bits per heavy atom. The highest BCUT2D eigenvalue weighted by molar-refractivity contribution is 6.33. The first-order valence-electron chi connectivity index (χ1n) is 12.0. The number of halogens is 1. The Hall–Kier alpha value is -3.00. The molecule has 0 spiro atoms. The number of benzene rings is 1. The van der Waals surface area contributed by atoms with Crippen molar-refractivity contribution in [3.05, 3.63) is 46.5 Å². The van der Waals surface area contributed by atoms with Crippen molar-refractivity contribution in [3.63, 3.8) is 0 Å². The SMILES string of the molecule is CC1/C=C/C[C@@H](C)OC(=O)c2c(O)cc(O)c(Cl)c2CC(=NOCC(=O)N2CCCCC2)/C=C/C1. The maximum Gasteiger partial charge on any atom is 0.342 e. The number of carbonyl (C=O) groups is 2. The van der Waals surface area contributed by atoms with Crippen LogP contribution in [-0.2, 0) is 20.8 Å². The molecular weight excluding hydrogens is 472 g/mol. The fourth-order valence-corrected chi connectivity index (χ4v) is 4.29. The predicted octanol–water partition coefficient (Wildman–Crippen LogP) is 4.77. The van der Waals surface area contributed by atoms with Gasteiger partial charge in [0.15, 0.2) is 6.61 Å². The van der Waals surface area contributed by atoms with Gasteiger partial charge in [0.2, 0.25) is 0 Å². The van der Waals surface area contributed by atoms with Crippen molar-refractivity contribution in [3.8, 4) is 11.5 Å². The van der Waals surface area contributed by atoms with Gasteiger partial charge in [0.1, 0.15) is 23.2 Å². The minimum atomic E-state index is -0.755. The van der Waals surface area contributed by atoms with E-state index in [1.807, 2.05) is 18.2 Å². The fourth-order valence-electron chi connectivity index (χ4n) is 4.08. The van der Waals surface area contributed by atoms with Gasteiger partial charge >= 0.3 is 5.97 Å². The Labute approximate surface area is 210 Å². The number of rotatable bonds is 3. The second-order valence-corrected chi connectivity index (χ2v) is 9.43. The average Bonchev–Trinajstić information content (AvgIpc) is 2.82. The van der Waals surface area contributed by atoms with Gasteiger partial charge < -0.3 is 24.7 Å². The maximum atomic E-state index is 12.9. The first kappa shape index (κ1) is 26.6. The van der Waals surface area contributed by atoms with E-state index in [9.17, 15) is 19.8 Å². The number of piperidine rings is 1. The van der Waals surface area contributed by atoms with Crippen LogP contribution in [-0.4, -0.2) is 58.5 Å². The van der Waals surface area contributed by atoms with Gasteiger partial charge in [0.05, 0.1) is 10.7 Å². The third-order valence-electron chi connectivity index (χ3n) is 6.02. The number of ether oxygens (including phenoxy) is 1. The van der Waals surface area contributed by atoms with Crippen LogP contribution in [0.2, 0.25) is 5.02 Å². The second-order valence-electron chi connectivity index (χ2n) is 9.05. The van der Waals surface area contributed by atoms with Crippen LogP contribution in [0.15, 0.2) is 35.5 Å². The molecule has 2 atom stereocenters. The van der Waals surface area contributed by atoms with Gasteiger partial charge in [0, 0.05) is 32.0 Å². The third kappa shape index (κ3) is 7.49. The largest absolute Gasteiger partial charge is 0.507 e. The lowest BCUT2D eigenvalue weighted by Crippen LogP contribution is -2.37. The van der Waals surface area contributed by atoms with Gasteiger partial charge in [-0.05, 0) is 50.2 Å². The van der Waals surface area contributed by atoms with Gasteiger partial charge in [-0.1, -0.05) is 41.9 Å². The van der Waals surface area contributed by atoms with Gasteiger partial charge in [-0.25, -0.2) is 4.79 Å². The number of esters is 1. The summed E-state index contributed by atoms with van der Waals surface area (Å²) in [7, 11) is 0. The molecule has 0 aromatic heterocycles. The van der Waals surface area contributed by atoms with E-state index in [2.05, 4.69) is 12.1 Å². The summed E-state index contributed by atoms with van der Waals surface area (Å²) in [6.07, 6.45) is 11.5. The first-order chi connectivity index (χ1) is 16.8. The summed E-state index contributed by atoms with van der Waals surface area (Å²) in [6, 6.07) is 1.01. The monoisotopic (exact) mass is 504 g/mol. The molecule has 2 heterocycles. The second kappa shape index (κ2) is 12.6. The molecule has 2 aliphatic rings. The number of phenols is 2. The zero-order chi connectivity index (χ0) is 25.4. The molecule has 9 heteroatoms. The molecule has 1 aromatic carbocycles. The molecule has 0 saturated carbocycles. The van der Waals surface area contributed by atoms with E-state index in [-0.39, 0.29) is 46.8 Å². The van der Waals surface area contributed by atoms with E-state index >= 15 is 0 Å². The van der Waals surface area contributed by atoms with Crippen LogP contribution in [0.1, 0.15) is 61.9 Å². The molecule has 0 bridgehead atoms. The Morgan fingerprint density at radius 3 is 2.66 bits per heavy atom. The van der Waals surface area contributed by atoms with Crippen molar-refractivity contribution >= 4 is 29.2 Å². The third-order valence-corrected chi connectivity index (χ3v) is 6.44. The lowest BCUT2D eigenvalue weighted by Gasteiger charge is -2.26. The van der Waals surface area contributed by atoms with E-state index < -0.39 is 17.8 Å². The van der Waals surface area contributed by atoms with Crippen molar-refractivity contribution < 1.29 is 29.4 Å². The van der Waals surface area contributed by atoms with Gasteiger partial charge in [-0.2, -0.15) is 0 Å². The van der Waals surface area contributed by atoms with E-state index in [0.717, 1.165) is 31.7 Å². The highest BCUT2D eigenvalue weighted by Gasteiger charge is 2.26. The number of fused-ring (bicyclic) bond motifs is 1. The number of allylic oxidation sites excluding steroid dienone is 3. The Bertz CT molecular complexity index is 1010. The van der Waals surface area contributed by atoms with Gasteiger partial charge in [-0.15, -0.1) is 0 Å². The summed E-state index contributed by atoms with van der Waals surface area (Å²) in [5.74, 6) is -1.46. The van der Waals surface area contributed by atoms with Crippen LogP contribution in [0.5, 0.6) is 11.5 Å². The van der Waals surface area contributed by atoms with E-state index in [1.165, 1.54) is 0 Å². The summed E-state index contributed by atoms with van der Waals surface area (Å²) in [6.45, 7) is 5.05. The first-order valence-corrected chi connectivity index (χ1v) is 12.4. The molecule has 1 amide bonds. The molecule has 0 radical (unpaired) electrons. The van der Waals surface area contributed by atoms with Crippen LogP contribution in [0.3, 0.4) is 0 Å². The smallest absolute Gasteiger partial charge is 0.342 e. The molecule has 0 aliphatic carbocycles. The number of amides is 1. The Kier molecular flexibility index (Phi) is 9.60. The van der Waals surface area contributed by atoms with Crippen LogP contribution in [0.25, 0.3) is 0 Å². The molecule has 8 nitrogen and oxygen atoms in total. The van der Waals surface area contributed by atoms with Crippen LogP contribution >= 0.6 is 11.6 Å². The summed E-state index contributed by atoms with van der Waals surface area (Å²) in [5.41, 5.74) is 0.398. The Morgan fingerprint density at radius 2 is 1.91 bits per heavy atom. The minimum Gasteiger partial charge on any atom is -0.507 e. The lowest BCUT2D eigenvalue weighted by atomic mass is 9.98. The number of phenolic OH excluding ortho intramolecular Hbond substituents is 2. The Balaban J connectivity index is 1.91. The number of aromatic hydroxyl groups is 2. The molecule has 1 saturated heterocycles. The van der Waals surface area contributed by atoms with Crippen molar-refractivity contribution in [2.75, 3.05) is 19.7 Å². The number of nitrogens with zero attached hydrogens (tertiary/aromatic N) is 2. The van der Waals surface area contributed by atoms with Gasteiger partial charge in [0.25, 0.3) is 5.91 Å². The number of carbonyl (C=O) groups excluding carboxylic acids is 2. The molecule has 3 rings (SSSR count). The predicted molar refractivity (Wildman–Crippen MR) is 134 cm³/mol. The number of hydrogen-bond acceptors (Lipinski definition) is 7. The quantitative estimate of drug-likeness (QED) is 0.349. The molecule has 2 N–H and O–H groups in total. The lowest BCUT2D eigenvalue weighted by molar-refractivity contribution is -0.137. The summed E-state index contributed by atoms with van der Waals surface area (Å²) in [4.78, 5) is 32.5. The average molecular weight is 505 g/mol. The minimum absolute atomic E-state index is 0.0295. The van der Waals surface area contributed by atoms with E-state index in [1.54, 1.807) is 17.9 Å². The number of cyclic esters (lactones) is 1. The topological polar surface area (TPSA) is 109 Å². The van der Waals surface area contributed by atoms with E-state index in [0.29, 0.717) is 25.2 Å². The normalized spacial score (nSPS) is 24.7. The van der Waals surface area contributed by atoms with E-state index in [4.69, 9.17) is 21.2 Å². The molecule has 1 aromatic rings. The molecule has 35 heavy (non-hydrogen) atoms. The number of hydrogen-bond donors (Lipinski definition) is 2. The molecule has 190 valence electrons. The van der Waals surface area contributed by atoms with Crippen LogP contribution in [0.4, 0.5) is 0 Å². The zero-order valence-corrected chi connectivity index (χ0v) is 21.0. The molecule has 1 unspecified atom stereocenters. The number of oxime groups is 1. The zero-order valence-electron chi connectivity index (χ0n) is 20.2. The fraction of sp³-hybridized carbons (Fsp3) is 0.500. The van der Waals surface area contributed by atoms with Crippen molar-refractivity contribution in [1.29, 1.82) is 0 Å². The molecule has 1 fully saturated rings. The van der Waals surface area contributed by atoms with Crippen molar-refractivity contribution in [2.24, 2.45) is 11.1 Å². The molecular formula is C26H33ClN2O6. The van der Waals surface area contributed by atoms with Crippen LogP contribution < -0.4 is 0 Å². The maximum absolute atomic E-state index is 12.9. The van der Waals surface area contributed by atoms with Crippen molar-refractivity contribution in [2.45, 2.75) is 58.5 Å². The highest BCUT2D eigenvalue weighted by Crippen LogP contribution is 2.37. The summed E-state index contributed by atoms with van der Waals surface area (Å²) in [5, 5.41) is 24.7. The van der Waals surface area contributed by atoms with Gasteiger partial charge in [-0.3, -0.25) is 4.79 Å². The van der Waals surface area contributed by atoms with Crippen LogP contribution in [0, 0.1) is 5.92 Å². The molecule has 2 aliphatic heterocycles. The van der Waals surface area contributed by atoms with Crippen molar-refractivity contribution in [1.82, 2.24) is 4.90 Å². The summed E-state index contributed by atoms with van der Waals surface area (Å²) < 4.78 is 5.52. The standard InChI is InChI=1S/C26H33ClN2O6/c1-17-8-6-10-18(2)35-26(33)24-20(25(27)22(31)15-21(24)30)14-19(11-7-9-17)28-34-16-23(32)29-12-4-3-5-13-29/h6-8,11,15,17-18,30-31H,3-5,9-10,12-14,16H2,1-2H3/b8-6+,11-7+,28-19?/t17?,18-/m1/s1. The summed E-state index contributed by atoms with van der Waals surface area (Å²) >= 11 is 6.35. The highest BCUT2D eigenvalue weighted by atomic mass is 35.5. The number of likely N-dealkylation sites (tertiary alicyclic amines) is 1.